The summed E-state index contributed by atoms with van der Waals surface area (Å²) in [7, 11) is 3.03. The van der Waals surface area contributed by atoms with Crippen molar-refractivity contribution in [3.63, 3.8) is 0 Å². The molecule has 6 nitrogen and oxygen atoms in total. The molecule has 0 amide bonds. The third kappa shape index (κ3) is 3.33. The zero-order chi connectivity index (χ0) is 16.5. The van der Waals surface area contributed by atoms with Gasteiger partial charge in [-0.3, -0.25) is 0 Å². The average molecular weight is 311 g/mol. The quantitative estimate of drug-likeness (QED) is 0.799. The molecular formula is C16H25NO5. The summed E-state index contributed by atoms with van der Waals surface area (Å²) in [6, 6.07) is 0. The molecule has 0 bridgehead atoms. The van der Waals surface area contributed by atoms with Gasteiger partial charge in [-0.1, -0.05) is 25.9 Å². The van der Waals surface area contributed by atoms with Crippen molar-refractivity contribution in [2.75, 3.05) is 14.2 Å². The van der Waals surface area contributed by atoms with Crippen LogP contribution in [0.1, 0.15) is 61.5 Å². The topological polar surface area (TPSA) is 70.8 Å². The van der Waals surface area contributed by atoms with Gasteiger partial charge in [-0.05, 0) is 12.3 Å². The molecule has 0 spiro atoms. The summed E-state index contributed by atoms with van der Waals surface area (Å²) in [6.07, 6.45) is 1.39. The number of aromatic nitrogens is 1. The predicted octanol–water partition coefficient (Wildman–Crippen LogP) is 3.05. The Kier molecular flexibility index (Phi) is 4.92. The van der Waals surface area contributed by atoms with Crippen LogP contribution in [-0.4, -0.2) is 37.6 Å². The minimum Gasteiger partial charge on any atom is -0.464 e. The number of ether oxygens (including phenoxy) is 3. The molecule has 0 aromatic carbocycles. The van der Waals surface area contributed by atoms with Gasteiger partial charge in [0.2, 0.25) is 0 Å². The van der Waals surface area contributed by atoms with Gasteiger partial charge in [0, 0.05) is 25.5 Å². The van der Waals surface area contributed by atoms with Crippen LogP contribution in [0.5, 0.6) is 0 Å². The fourth-order valence-corrected chi connectivity index (χ4v) is 2.74. The summed E-state index contributed by atoms with van der Waals surface area (Å²) in [5.41, 5.74) is 0.864. The highest BCUT2D eigenvalue weighted by Gasteiger charge is 2.39. The van der Waals surface area contributed by atoms with Crippen LogP contribution >= 0.6 is 0 Å². The molecule has 1 aliphatic heterocycles. The summed E-state index contributed by atoms with van der Waals surface area (Å²) in [5.74, 6) is 0.0790. The molecule has 1 fully saturated rings. The van der Waals surface area contributed by atoms with Crippen LogP contribution in [0.3, 0.4) is 0 Å². The summed E-state index contributed by atoms with van der Waals surface area (Å²) in [4.78, 5) is 11.7. The molecule has 0 saturated carbocycles. The lowest BCUT2D eigenvalue weighted by molar-refractivity contribution is -0.150. The number of nitrogens with zero attached hydrogens (tertiary/aromatic N) is 1. The maximum Gasteiger partial charge on any atom is 0.360 e. The summed E-state index contributed by atoms with van der Waals surface area (Å²) < 4.78 is 21.8. The van der Waals surface area contributed by atoms with Gasteiger partial charge in [-0.15, -0.1) is 0 Å². The first-order chi connectivity index (χ1) is 10.3. The number of carbonyl (C=O) groups is 1. The minimum absolute atomic E-state index is 0.00540. The molecule has 124 valence electrons. The Bertz CT molecular complexity index is 531. The molecular weight excluding hydrogens is 286 g/mol. The van der Waals surface area contributed by atoms with E-state index in [2.05, 4.69) is 25.9 Å². The Labute approximate surface area is 131 Å². The Hall–Kier alpha value is -1.40. The number of esters is 1. The first-order valence-corrected chi connectivity index (χ1v) is 7.50. The highest BCUT2D eigenvalue weighted by molar-refractivity contribution is 5.88. The largest absolute Gasteiger partial charge is 0.464 e. The highest BCUT2D eigenvalue weighted by atomic mass is 16.5. The lowest BCUT2D eigenvalue weighted by atomic mass is 9.82. The molecule has 1 saturated heterocycles. The van der Waals surface area contributed by atoms with Gasteiger partial charge in [0.1, 0.15) is 6.10 Å². The molecule has 0 radical (unpaired) electrons. The van der Waals surface area contributed by atoms with E-state index in [1.165, 1.54) is 7.11 Å². The second-order valence-electron chi connectivity index (χ2n) is 6.82. The molecule has 2 rings (SSSR count). The maximum absolute atomic E-state index is 11.7. The fourth-order valence-electron chi connectivity index (χ4n) is 2.74. The van der Waals surface area contributed by atoms with E-state index in [4.69, 9.17) is 18.7 Å². The monoisotopic (exact) mass is 311 g/mol. The van der Waals surface area contributed by atoms with E-state index in [0.29, 0.717) is 17.7 Å². The molecule has 0 N–H and O–H groups in total. The smallest absolute Gasteiger partial charge is 0.360 e. The number of hydrogen-bond donors (Lipinski definition) is 0. The molecule has 1 aromatic rings. The third-order valence-electron chi connectivity index (χ3n) is 4.21. The Morgan fingerprint density at radius 2 is 1.95 bits per heavy atom. The summed E-state index contributed by atoms with van der Waals surface area (Å²) in [5, 5.41) is 3.83. The normalized spacial score (nSPS) is 26.0. The second kappa shape index (κ2) is 6.38. The van der Waals surface area contributed by atoms with E-state index in [0.717, 1.165) is 6.42 Å². The number of hydrogen-bond acceptors (Lipinski definition) is 6. The Balaban J connectivity index is 2.27. The lowest BCUT2D eigenvalue weighted by Gasteiger charge is -2.40. The van der Waals surface area contributed by atoms with Crippen LogP contribution in [0.4, 0.5) is 0 Å². The highest BCUT2D eigenvalue weighted by Crippen LogP contribution is 2.40. The summed E-state index contributed by atoms with van der Waals surface area (Å²) in [6.45, 7) is 8.21. The van der Waals surface area contributed by atoms with E-state index in [9.17, 15) is 4.79 Å². The van der Waals surface area contributed by atoms with Crippen LogP contribution in [0, 0.1) is 12.3 Å². The Morgan fingerprint density at radius 3 is 2.50 bits per heavy atom. The first kappa shape index (κ1) is 17.0. The standard InChI is InChI=1S/C16H25NO5/c1-9-13(15(18)20-6)17-22-14(9)11-7-10(19-5)8-12(21-11)16(2,3)4/h10-12H,7-8H2,1-6H3/t10-,11+,12-/m0/s1. The molecule has 2 heterocycles. The van der Waals surface area contributed by atoms with Crippen molar-refractivity contribution in [2.45, 2.75) is 58.8 Å². The number of rotatable bonds is 3. The number of carbonyl (C=O) groups excluding carboxylic acids is 1. The minimum atomic E-state index is -0.501. The van der Waals surface area contributed by atoms with Crippen LogP contribution in [0.25, 0.3) is 0 Å². The zero-order valence-electron chi connectivity index (χ0n) is 14.1. The zero-order valence-corrected chi connectivity index (χ0v) is 14.1. The van der Waals surface area contributed by atoms with Gasteiger partial charge in [0.15, 0.2) is 11.5 Å². The maximum atomic E-state index is 11.7. The Morgan fingerprint density at radius 1 is 1.27 bits per heavy atom. The molecule has 1 aromatic heterocycles. The van der Waals surface area contributed by atoms with Gasteiger partial charge >= 0.3 is 5.97 Å². The first-order valence-electron chi connectivity index (χ1n) is 7.50. The molecule has 3 atom stereocenters. The van der Waals surface area contributed by atoms with Crippen molar-refractivity contribution in [1.82, 2.24) is 5.16 Å². The lowest BCUT2D eigenvalue weighted by Crippen LogP contribution is -2.40. The number of methoxy groups -OCH3 is 2. The van der Waals surface area contributed by atoms with Crippen LogP contribution in [0.2, 0.25) is 0 Å². The van der Waals surface area contributed by atoms with Gasteiger partial charge < -0.3 is 18.7 Å². The van der Waals surface area contributed by atoms with Crippen LogP contribution in [0.15, 0.2) is 4.52 Å². The van der Waals surface area contributed by atoms with Crippen molar-refractivity contribution >= 4 is 5.97 Å². The van der Waals surface area contributed by atoms with Crippen LogP contribution in [-0.2, 0) is 14.2 Å². The van der Waals surface area contributed by atoms with Crippen molar-refractivity contribution in [2.24, 2.45) is 5.41 Å². The van der Waals surface area contributed by atoms with Crippen LogP contribution < -0.4 is 0 Å². The summed E-state index contributed by atoms with van der Waals surface area (Å²) >= 11 is 0. The van der Waals surface area contributed by atoms with E-state index < -0.39 is 5.97 Å². The molecule has 0 aliphatic carbocycles. The molecule has 22 heavy (non-hydrogen) atoms. The van der Waals surface area contributed by atoms with Crippen molar-refractivity contribution in [1.29, 1.82) is 0 Å². The van der Waals surface area contributed by atoms with Crippen molar-refractivity contribution in [3.05, 3.63) is 17.0 Å². The van der Waals surface area contributed by atoms with Gasteiger partial charge in [-0.2, -0.15) is 0 Å². The van der Waals surface area contributed by atoms with E-state index in [1.54, 1.807) is 14.0 Å². The van der Waals surface area contributed by atoms with Crippen molar-refractivity contribution < 1.29 is 23.5 Å². The third-order valence-corrected chi connectivity index (χ3v) is 4.21. The molecule has 1 aliphatic rings. The van der Waals surface area contributed by atoms with Crippen molar-refractivity contribution in [3.8, 4) is 0 Å². The average Bonchev–Trinajstić information content (AvgIpc) is 2.86. The molecule has 0 unspecified atom stereocenters. The van der Waals surface area contributed by atoms with Gasteiger partial charge in [-0.25, -0.2) is 4.79 Å². The van der Waals surface area contributed by atoms with E-state index >= 15 is 0 Å². The SMILES string of the molecule is COC(=O)c1noc([C@H]2C[C@H](OC)C[C@@H](C(C)(C)C)O2)c1C. The fraction of sp³-hybridized carbons (Fsp3) is 0.750. The van der Waals surface area contributed by atoms with E-state index in [-0.39, 0.29) is 29.4 Å². The second-order valence-corrected chi connectivity index (χ2v) is 6.82. The van der Waals surface area contributed by atoms with Gasteiger partial charge in [0.05, 0.1) is 19.3 Å². The van der Waals surface area contributed by atoms with E-state index in [1.807, 2.05) is 0 Å². The predicted molar refractivity (Wildman–Crippen MR) is 79.7 cm³/mol. The van der Waals surface area contributed by atoms with Gasteiger partial charge in [0.25, 0.3) is 0 Å². The molecule has 6 heteroatoms.